The minimum Gasteiger partial charge on any atom is -0.373 e. The van der Waals surface area contributed by atoms with Gasteiger partial charge in [0.25, 0.3) is 0 Å². The van der Waals surface area contributed by atoms with E-state index in [1.807, 2.05) is 7.05 Å². The maximum absolute atomic E-state index is 5.90. The number of hydrogen-bond donors (Lipinski definition) is 2. The highest BCUT2D eigenvalue weighted by Gasteiger charge is 2.41. The molecule has 0 radical (unpaired) electrons. The number of ether oxygens (including phenoxy) is 1. The summed E-state index contributed by atoms with van der Waals surface area (Å²) in [7, 11) is 1.84. The molecule has 2 heterocycles. The summed E-state index contributed by atoms with van der Waals surface area (Å²) in [4.78, 5) is 4.37. The van der Waals surface area contributed by atoms with E-state index in [4.69, 9.17) is 4.74 Å². The summed E-state index contributed by atoms with van der Waals surface area (Å²) in [6.07, 6.45) is 5.47. The fourth-order valence-corrected chi connectivity index (χ4v) is 3.60. The van der Waals surface area contributed by atoms with Crippen LogP contribution in [0.5, 0.6) is 0 Å². The number of rotatable bonds is 5. The minimum atomic E-state index is 0. The number of nitrogens with zero attached hydrogens (tertiary/aromatic N) is 1. The van der Waals surface area contributed by atoms with Gasteiger partial charge in [-0.05, 0) is 31.2 Å². The highest BCUT2D eigenvalue weighted by atomic mass is 127. The highest BCUT2D eigenvalue weighted by Crippen LogP contribution is 2.34. The van der Waals surface area contributed by atoms with Crippen molar-refractivity contribution >= 4 is 29.9 Å². The van der Waals surface area contributed by atoms with Gasteiger partial charge in [0.05, 0.1) is 18.2 Å². The Hall–Kier alpha value is -0.820. The molecule has 1 aromatic carbocycles. The molecule has 2 bridgehead atoms. The molecule has 2 fully saturated rings. The van der Waals surface area contributed by atoms with Gasteiger partial charge in [-0.15, -0.1) is 24.0 Å². The lowest BCUT2D eigenvalue weighted by molar-refractivity contribution is 0.0992. The van der Waals surface area contributed by atoms with E-state index in [-0.39, 0.29) is 24.0 Å². The van der Waals surface area contributed by atoms with E-state index in [1.54, 1.807) is 0 Å². The van der Waals surface area contributed by atoms with Crippen LogP contribution in [0.2, 0.25) is 0 Å². The van der Waals surface area contributed by atoms with Gasteiger partial charge < -0.3 is 15.4 Å². The maximum atomic E-state index is 5.90. The lowest BCUT2D eigenvalue weighted by atomic mass is 9.95. The topological polar surface area (TPSA) is 45.7 Å². The number of benzene rings is 1. The Balaban J connectivity index is 0.00000192. The van der Waals surface area contributed by atoms with Crippen LogP contribution in [0.4, 0.5) is 0 Å². The van der Waals surface area contributed by atoms with Crippen molar-refractivity contribution in [2.45, 2.75) is 56.8 Å². The van der Waals surface area contributed by atoms with Gasteiger partial charge in [0.2, 0.25) is 0 Å². The van der Waals surface area contributed by atoms with Crippen LogP contribution >= 0.6 is 24.0 Å². The summed E-state index contributed by atoms with van der Waals surface area (Å²) >= 11 is 0. The SMILES string of the molecule is CCC(CNC(=NC)NC1CC2CCC1O2)c1ccccc1.I. The molecule has 2 saturated heterocycles. The number of halogens is 1. The average Bonchev–Trinajstić information content (AvgIpc) is 3.18. The van der Waals surface area contributed by atoms with Crippen LogP contribution in [-0.2, 0) is 4.74 Å². The lowest BCUT2D eigenvalue weighted by Crippen LogP contribution is -2.48. The number of aliphatic imine (C=N–C) groups is 1. The zero-order chi connectivity index (χ0) is 15.4. The molecule has 4 atom stereocenters. The molecule has 0 aliphatic carbocycles. The van der Waals surface area contributed by atoms with Crippen LogP contribution in [-0.4, -0.2) is 37.8 Å². The molecule has 23 heavy (non-hydrogen) atoms. The quantitative estimate of drug-likeness (QED) is 0.429. The molecule has 128 valence electrons. The van der Waals surface area contributed by atoms with Gasteiger partial charge in [0, 0.05) is 19.5 Å². The van der Waals surface area contributed by atoms with Crippen LogP contribution < -0.4 is 10.6 Å². The van der Waals surface area contributed by atoms with E-state index in [0.717, 1.165) is 25.3 Å². The standard InChI is InChI=1S/C18H27N3O.HI/c1-3-13(14-7-5-4-6-8-14)12-20-18(19-2)21-16-11-15-9-10-17(16)22-15;/h4-8,13,15-17H,3,9-12H2,1-2H3,(H2,19,20,21);1H. The second-order valence-corrected chi connectivity index (χ2v) is 6.33. The zero-order valence-corrected chi connectivity index (χ0v) is 16.3. The Morgan fingerprint density at radius 1 is 1.30 bits per heavy atom. The van der Waals surface area contributed by atoms with Crippen LogP contribution in [0.15, 0.2) is 35.3 Å². The fraction of sp³-hybridized carbons (Fsp3) is 0.611. The Kier molecular flexibility index (Phi) is 7.14. The molecule has 2 aliphatic rings. The van der Waals surface area contributed by atoms with E-state index < -0.39 is 0 Å². The van der Waals surface area contributed by atoms with Crippen molar-refractivity contribution in [3.8, 4) is 0 Å². The van der Waals surface area contributed by atoms with Crippen molar-refractivity contribution in [3.63, 3.8) is 0 Å². The van der Waals surface area contributed by atoms with Gasteiger partial charge in [-0.3, -0.25) is 4.99 Å². The zero-order valence-electron chi connectivity index (χ0n) is 14.0. The van der Waals surface area contributed by atoms with Gasteiger partial charge >= 0.3 is 0 Å². The molecule has 0 saturated carbocycles. The van der Waals surface area contributed by atoms with Gasteiger partial charge in [0.15, 0.2) is 5.96 Å². The minimum absolute atomic E-state index is 0. The predicted molar refractivity (Wildman–Crippen MR) is 106 cm³/mol. The highest BCUT2D eigenvalue weighted by molar-refractivity contribution is 14.0. The molecule has 1 aromatic rings. The monoisotopic (exact) mass is 429 g/mol. The van der Waals surface area contributed by atoms with Gasteiger partial charge in [-0.1, -0.05) is 37.3 Å². The second kappa shape index (κ2) is 8.87. The van der Waals surface area contributed by atoms with Crippen molar-refractivity contribution in [2.75, 3.05) is 13.6 Å². The summed E-state index contributed by atoms with van der Waals surface area (Å²) in [5, 5.41) is 7.03. The molecule has 5 heteroatoms. The number of nitrogens with one attached hydrogen (secondary N) is 2. The molecule has 2 aliphatic heterocycles. The Morgan fingerprint density at radius 3 is 2.65 bits per heavy atom. The molecule has 3 rings (SSSR count). The molecule has 0 spiro atoms. The predicted octanol–water partition coefficient (Wildman–Crippen LogP) is 3.28. The molecular weight excluding hydrogens is 401 g/mol. The molecule has 2 N–H and O–H groups in total. The Bertz CT molecular complexity index is 508. The van der Waals surface area contributed by atoms with Crippen molar-refractivity contribution in [2.24, 2.45) is 4.99 Å². The van der Waals surface area contributed by atoms with Crippen molar-refractivity contribution in [1.29, 1.82) is 0 Å². The van der Waals surface area contributed by atoms with E-state index >= 15 is 0 Å². The fourth-order valence-electron chi connectivity index (χ4n) is 3.60. The third-order valence-corrected chi connectivity index (χ3v) is 4.93. The first kappa shape index (κ1) is 18.5. The van der Waals surface area contributed by atoms with Crippen molar-refractivity contribution < 1.29 is 4.74 Å². The summed E-state index contributed by atoms with van der Waals surface area (Å²) in [5.41, 5.74) is 1.39. The first-order chi connectivity index (χ1) is 10.8. The van der Waals surface area contributed by atoms with Gasteiger partial charge in [-0.2, -0.15) is 0 Å². The normalized spacial score (nSPS) is 27.4. The number of hydrogen-bond acceptors (Lipinski definition) is 2. The van der Waals surface area contributed by atoms with Crippen LogP contribution in [0.25, 0.3) is 0 Å². The van der Waals surface area contributed by atoms with E-state index in [1.165, 1.54) is 18.4 Å². The summed E-state index contributed by atoms with van der Waals surface area (Å²) in [6.45, 7) is 3.14. The third kappa shape index (κ3) is 4.59. The first-order valence-corrected chi connectivity index (χ1v) is 8.47. The van der Waals surface area contributed by atoms with Crippen LogP contribution in [0.3, 0.4) is 0 Å². The van der Waals surface area contributed by atoms with Gasteiger partial charge in [0.1, 0.15) is 0 Å². The lowest BCUT2D eigenvalue weighted by Gasteiger charge is -2.24. The van der Waals surface area contributed by atoms with Crippen molar-refractivity contribution in [3.05, 3.63) is 35.9 Å². The first-order valence-electron chi connectivity index (χ1n) is 8.47. The number of fused-ring (bicyclic) bond motifs is 2. The van der Waals surface area contributed by atoms with Gasteiger partial charge in [-0.25, -0.2) is 0 Å². The Labute approximate surface area is 156 Å². The smallest absolute Gasteiger partial charge is 0.191 e. The second-order valence-electron chi connectivity index (χ2n) is 6.33. The maximum Gasteiger partial charge on any atom is 0.191 e. The summed E-state index contributed by atoms with van der Waals surface area (Å²) < 4.78 is 5.90. The summed E-state index contributed by atoms with van der Waals surface area (Å²) in [5.74, 6) is 1.41. The largest absolute Gasteiger partial charge is 0.373 e. The van der Waals surface area contributed by atoms with E-state index in [2.05, 4.69) is 52.9 Å². The molecule has 0 amide bonds. The van der Waals surface area contributed by atoms with Crippen LogP contribution in [0, 0.1) is 0 Å². The van der Waals surface area contributed by atoms with Crippen LogP contribution in [0.1, 0.15) is 44.1 Å². The van der Waals surface area contributed by atoms with Crippen molar-refractivity contribution in [1.82, 2.24) is 10.6 Å². The average molecular weight is 429 g/mol. The molecule has 4 nitrogen and oxygen atoms in total. The Morgan fingerprint density at radius 2 is 2.09 bits per heavy atom. The van der Waals surface area contributed by atoms with E-state index in [9.17, 15) is 0 Å². The summed E-state index contributed by atoms with van der Waals surface area (Å²) in [6, 6.07) is 11.1. The molecule has 0 aromatic heterocycles. The van der Waals surface area contributed by atoms with E-state index in [0.29, 0.717) is 24.2 Å². The third-order valence-electron chi connectivity index (χ3n) is 4.93. The molecular formula is C18H28IN3O. The molecule has 4 unspecified atom stereocenters. The number of guanidine groups is 1.